The molecule has 7 heteroatoms. The van der Waals surface area contributed by atoms with Crippen LogP contribution in [0.4, 0.5) is 5.69 Å². The predicted molar refractivity (Wildman–Crippen MR) is 126 cm³/mol. The summed E-state index contributed by atoms with van der Waals surface area (Å²) in [5, 5.41) is 13.8. The van der Waals surface area contributed by atoms with Gasteiger partial charge >= 0.3 is 0 Å². The molecule has 0 saturated carbocycles. The summed E-state index contributed by atoms with van der Waals surface area (Å²) < 4.78 is 1.84. The maximum Gasteiger partial charge on any atom is 0.254 e. The number of aromatic amines is 1. The molecule has 1 unspecified atom stereocenters. The fraction of sp³-hybridized carbons (Fsp3) is 0.360. The lowest BCUT2D eigenvalue weighted by molar-refractivity contribution is 0.329. The Labute approximate surface area is 187 Å². The Bertz CT molecular complexity index is 1380. The van der Waals surface area contributed by atoms with Crippen molar-refractivity contribution in [3.05, 3.63) is 80.9 Å². The molecule has 5 rings (SSSR count). The van der Waals surface area contributed by atoms with Crippen LogP contribution >= 0.6 is 0 Å². The van der Waals surface area contributed by atoms with Crippen molar-refractivity contribution in [3.8, 4) is 0 Å². The summed E-state index contributed by atoms with van der Waals surface area (Å²) in [5.41, 5.74) is 5.68. The summed E-state index contributed by atoms with van der Waals surface area (Å²) in [4.78, 5) is 18.9. The number of tetrazole rings is 1. The first-order chi connectivity index (χ1) is 15.3. The van der Waals surface area contributed by atoms with E-state index in [-0.39, 0.29) is 11.1 Å². The minimum absolute atomic E-state index is 0.107. The zero-order valence-corrected chi connectivity index (χ0v) is 19.2. The third kappa shape index (κ3) is 3.20. The zero-order chi connectivity index (χ0) is 22.6. The molecule has 0 bridgehead atoms. The maximum atomic E-state index is 13.5. The Morgan fingerprint density at radius 2 is 1.81 bits per heavy atom. The van der Waals surface area contributed by atoms with Gasteiger partial charge in [0.1, 0.15) is 6.04 Å². The Balaban J connectivity index is 1.79. The van der Waals surface area contributed by atoms with Crippen LogP contribution in [0.15, 0.2) is 47.3 Å². The van der Waals surface area contributed by atoms with Gasteiger partial charge in [-0.25, -0.2) is 4.68 Å². The van der Waals surface area contributed by atoms with Gasteiger partial charge in [0.15, 0.2) is 5.82 Å². The number of para-hydroxylation sites is 1. The van der Waals surface area contributed by atoms with E-state index in [9.17, 15) is 4.79 Å². The number of pyridine rings is 1. The molecule has 1 aliphatic rings. The highest BCUT2D eigenvalue weighted by Crippen LogP contribution is 2.38. The minimum Gasteiger partial charge on any atom is -0.357 e. The first-order valence-electron chi connectivity index (χ1n) is 11.0. The molecule has 32 heavy (non-hydrogen) atoms. The Morgan fingerprint density at radius 3 is 2.59 bits per heavy atom. The molecule has 2 aromatic carbocycles. The second-order valence-corrected chi connectivity index (χ2v) is 9.64. The van der Waals surface area contributed by atoms with E-state index in [0.29, 0.717) is 11.4 Å². The maximum absolute atomic E-state index is 13.5. The minimum atomic E-state index is -0.402. The molecule has 164 valence electrons. The molecule has 2 aromatic heterocycles. The van der Waals surface area contributed by atoms with Gasteiger partial charge in [-0.1, -0.05) is 30.3 Å². The monoisotopic (exact) mass is 428 g/mol. The average Bonchev–Trinajstić information content (AvgIpc) is 3.40. The fourth-order valence-electron chi connectivity index (χ4n) is 4.72. The van der Waals surface area contributed by atoms with Gasteiger partial charge in [0, 0.05) is 23.2 Å². The first kappa shape index (κ1) is 20.4. The van der Waals surface area contributed by atoms with Crippen LogP contribution in [0.3, 0.4) is 0 Å². The van der Waals surface area contributed by atoms with Crippen molar-refractivity contribution in [2.45, 2.75) is 52.6 Å². The van der Waals surface area contributed by atoms with Gasteiger partial charge in [0.05, 0.1) is 11.1 Å². The second-order valence-electron chi connectivity index (χ2n) is 9.64. The summed E-state index contributed by atoms with van der Waals surface area (Å²) in [6, 6.07) is 14.1. The number of H-pyrrole nitrogens is 1. The van der Waals surface area contributed by atoms with Gasteiger partial charge in [-0.05, 0) is 80.3 Å². The number of aromatic nitrogens is 5. The highest BCUT2D eigenvalue weighted by Gasteiger charge is 2.36. The lowest BCUT2D eigenvalue weighted by atomic mass is 9.98. The van der Waals surface area contributed by atoms with E-state index in [2.05, 4.69) is 77.4 Å². The number of nitrogens with one attached hydrogen (secondary N) is 1. The van der Waals surface area contributed by atoms with Crippen LogP contribution in [-0.2, 0) is 12.0 Å². The van der Waals surface area contributed by atoms with Crippen molar-refractivity contribution in [1.82, 2.24) is 25.2 Å². The van der Waals surface area contributed by atoms with Crippen LogP contribution in [0, 0.1) is 13.8 Å². The van der Waals surface area contributed by atoms with E-state index < -0.39 is 6.04 Å². The van der Waals surface area contributed by atoms with Gasteiger partial charge in [-0.3, -0.25) is 4.79 Å². The molecular weight excluding hydrogens is 400 g/mol. The zero-order valence-electron chi connectivity index (χ0n) is 19.2. The van der Waals surface area contributed by atoms with Crippen molar-refractivity contribution in [2.75, 3.05) is 11.4 Å². The number of benzene rings is 2. The molecule has 0 spiro atoms. The molecule has 0 fully saturated rings. The lowest BCUT2D eigenvalue weighted by Gasteiger charge is -2.32. The SMILES string of the molecule is Cc1ccc(C)c2[nH]c(=O)c(C(c3nnnn3C(C)(C)C)N3CCc4ccccc43)cc12. The molecule has 7 nitrogen and oxygen atoms in total. The molecule has 1 atom stereocenters. The van der Waals surface area contributed by atoms with Crippen molar-refractivity contribution in [3.63, 3.8) is 0 Å². The van der Waals surface area contributed by atoms with E-state index in [0.717, 1.165) is 40.7 Å². The Morgan fingerprint density at radius 1 is 1.06 bits per heavy atom. The van der Waals surface area contributed by atoms with Crippen molar-refractivity contribution in [1.29, 1.82) is 0 Å². The molecule has 4 aromatic rings. The van der Waals surface area contributed by atoms with Crippen LogP contribution < -0.4 is 10.5 Å². The number of aryl methyl sites for hydroxylation is 2. The molecule has 0 amide bonds. The van der Waals surface area contributed by atoms with Crippen molar-refractivity contribution >= 4 is 16.6 Å². The van der Waals surface area contributed by atoms with E-state index in [1.54, 1.807) is 0 Å². The third-order valence-corrected chi connectivity index (χ3v) is 6.38. The van der Waals surface area contributed by atoms with E-state index in [1.165, 1.54) is 5.56 Å². The van der Waals surface area contributed by atoms with Crippen LogP contribution in [0.25, 0.3) is 10.9 Å². The molecular formula is C25H28N6O. The number of rotatable bonds is 3. The number of fused-ring (bicyclic) bond motifs is 2. The van der Waals surface area contributed by atoms with Gasteiger partial charge in [-0.2, -0.15) is 0 Å². The first-order valence-corrected chi connectivity index (χ1v) is 11.0. The fourth-order valence-corrected chi connectivity index (χ4v) is 4.72. The van der Waals surface area contributed by atoms with Gasteiger partial charge < -0.3 is 9.88 Å². The van der Waals surface area contributed by atoms with Gasteiger partial charge in [0.25, 0.3) is 5.56 Å². The topological polar surface area (TPSA) is 79.7 Å². The van der Waals surface area contributed by atoms with Gasteiger partial charge in [-0.15, -0.1) is 5.10 Å². The molecule has 1 aliphatic heterocycles. The summed E-state index contributed by atoms with van der Waals surface area (Å²) >= 11 is 0. The highest BCUT2D eigenvalue weighted by atomic mass is 16.1. The quantitative estimate of drug-likeness (QED) is 0.533. The summed E-state index contributed by atoms with van der Waals surface area (Å²) in [6.45, 7) is 11.1. The predicted octanol–water partition coefficient (Wildman–Crippen LogP) is 4.04. The van der Waals surface area contributed by atoms with Crippen LogP contribution in [0.2, 0.25) is 0 Å². The van der Waals surface area contributed by atoms with Crippen molar-refractivity contribution in [2.24, 2.45) is 0 Å². The van der Waals surface area contributed by atoms with E-state index >= 15 is 0 Å². The van der Waals surface area contributed by atoms with E-state index in [4.69, 9.17) is 0 Å². The molecule has 0 saturated heterocycles. The lowest BCUT2D eigenvalue weighted by Crippen LogP contribution is -2.37. The number of hydrogen-bond donors (Lipinski definition) is 1. The molecule has 0 radical (unpaired) electrons. The number of nitrogens with zero attached hydrogens (tertiary/aromatic N) is 5. The van der Waals surface area contributed by atoms with Crippen LogP contribution in [0.1, 0.15) is 54.9 Å². The van der Waals surface area contributed by atoms with Gasteiger partial charge in [0.2, 0.25) is 0 Å². The Hall–Kier alpha value is -3.48. The summed E-state index contributed by atoms with van der Waals surface area (Å²) in [5.74, 6) is 0.671. The van der Waals surface area contributed by atoms with E-state index in [1.807, 2.05) is 29.8 Å². The number of hydrogen-bond acceptors (Lipinski definition) is 5. The standard InChI is InChI=1S/C25H28N6O/c1-15-10-11-16(2)21-18(15)14-19(24(32)26-21)22(23-27-28-29-31(23)25(3,4)5)30-13-12-17-8-6-7-9-20(17)30/h6-11,14,22H,12-13H2,1-5H3,(H,26,32). The highest BCUT2D eigenvalue weighted by molar-refractivity contribution is 5.85. The Kier molecular flexibility index (Phi) is 4.65. The molecule has 0 aliphatic carbocycles. The van der Waals surface area contributed by atoms with Crippen LogP contribution in [0.5, 0.6) is 0 Å². The largest absolute Gasteiger partial charge is 0.357 e. The molecule has 1 N–H and O–H groups in total. The normalized spacial score (nSPS) is 14.7. The summed E-state index contributed by atoms with van der Waals surface area (Å²) in [6.07, 6.45) is 0.924. The van der Waals surface area contributed by atoms with Crippen LogP contribution in [-0.4, -0.2) is 31.7 Å². The van der Waals surface area contributed by atoms with Crippen molar-refractivity contribution < 1.29 is 0 Å². The molecule has 3 heterocycles. The summed E-state index contributed by atoms with van der Waals surface area (Å²) in [7, 11) is 0. The smallest absolute Gasteiger partial charge is 0.254 e. The number of anilines is 1. The second kappa shape index (κ2) is 7.29. The third-order valence-electron chi connectivity index (χ3n) is 6.38. The average molecular weight is 429 g/mol.